The predicted molar refractivity (Wildman–Crippen MR) is 98.7 cm³/mol. The van der Waals surface area contributed by atoms with Gasteiger partial charge in [-0.15, -0.1) is 0 Å². The number of para-hydroxylation sites is 1. The van der Waals surface area contributed by atoms with Crippen molar-refractivity contribution in [3.8, 4) is 5.75 Å². The fourth-order valence-corrected chi connectivity index (χ4v) is 2.73. The third-order valence-electron chi connectivity index (χ3n) is 3.86. The molecule has 0 aliphatic carbocycles. The number of nitrogens with zero attached hydrogens (tertiary/aromatic N) is 1. The summed E-state index contributed by atoms with van der Waals surface area (Å²) in [6, 6.07) is 13.6. The third-order valence-corrected chi connectivity index (χ3v) is 3.86. The van der Waals surface area contributed by atoms with E-state index in [1.807, 2.05) is 49.4 Å². The van der Waals surface area contributed by atoms with Crippen molar-refractivity contribution in [1.82, 2.24) is 4.98 Å². The summed E-state index contributed by atoms with van der Waals surface area (Å²) in [5.74, 6) is 0.245. The van der Waals surface area contributed by atoms with Crippen LogP contribution in [0, 0.1) is 6.92 Å². The van der Waals surface area contributed by atoms with Gasteiger partial charge in [-0.1, -0.05) is 24.3 Å². The number of benzene rings is 2. The molecule has 0 saturated carbocycles. The summed E-state index contributed by atoms with van der Waals surface area (Å²) < 4.78 is 10.6. The Bertz CT molecular complexity index is 922. The van der Waals surface area contributed by atoms with Crippen LogP contribution in [0.3, 0.4) is 0 Å². The monoisotopic (exact) mass is 336 g/mol. The Labute approximate surface area is 146 Å². The van der Waals surface area contributed by atoms with Crippen molar-refractivity contribution in [3.63, 3.8) is 0 Å². The van der Waals surface area contributed by atoms with Crippen LogP contribution in [0.25, 0.3) is 10.9 Å². The molecule has 0 saturated heterocycles. The third kappa shape index (κ3) is 3.40. The van der Waals surface area contributed by atoms with Crippen molar-refractivity contribution < 1.29 is 14.3 Å². The number of carbonyl (C=O) groups is 1. The number of carbonyl (C=O) groups excluding carboxylic acids is 1. The molecule has 1 aromatic heterocycles. The topological polar surface area (TPSA) is 60.5 Å². The molecule has 0 amide bonds. The summed E-state index contributed by atoms with van der Waals surface area (Å²) in [5, 5.41) is 4.15. The number of fused-ring (bicyclic) bond motifs is 1. The SMILES string of the molecule is CCOC(=O)c1cnc2c(OC)cccc2c1Nc1cccc(C)c1. The number of esters is 1. The van der Waals surface area contributed by atoms with Crippen molar-refractivity contribution >= 4 is 28.2 Å². The predicted octanol–water partition coefficient (Wildman–Crippen LogP) is 4.47. The lowest BCUT2D eigenvalue weighted by molar-refractivity contribution is 0.0527. The maximum absolute atomic E-state index is 12.4. The minimum absolute atomic E-state index is 0.304. The van der Waals surface area contributed by atoms with Gasteiger partial charge in [-0.3, -0.25) is 4.98 Å². The fraction of sp³-hybridized carbons (Fsp3) is 0.200. The van der Waals surface area contributed by atoms with Crippen molar-refractivity contribution in [1.29, 1.82) is 0 Å². The molecule has 0 radical (unpaired) electrons. The van der Waals surface area contributed by atoms with Gasteiger partial charge in [0.25, 0.3) is 0 Å². The second-order valence-corrected chi connectivity index (χ2v) is 5.62. The molecule has 0 aliphatic heterocycles. The summed E-state index contributed by atoms with van der Waals surface area (Å²) in [6.07, 6.45) is 1.53. The first-order valence-corrected chi connectivity index (χ1v) is 8.10. The smallest absolute Gasteiger partial charge is 0.341 e. The van der Waals surface area contributed by atoms with E-state index in [0.29, 0.717) is 29.1 Å². The Kier molecular flexibility index (Phi) is 4.84. The van der Waals surface area contributed by atoms with E-state index in [1.54, 1.807) is 14.0 Å². The highest BCUT2D eigenvalue weighted by Gasteiger charge is 2.18. The lowest BCUT2D eigenvalue weighted by Gasteiger charge is -2.15. The molecule has 0 fully saturated rings. The zero-order chi connectivity index (χ0) is 17.8. The highest BCUT2D eigenvalue weighted by Crippen LogP contribution is 2.33. The van der Waals surface area contributed by atoms with E-state index in [2.05, 4.69) is 10.3 Å². The van der Waals surface area contributed by atoms with Crippen LogP contribution in [0.15, 0.2) is 48.7 Å². The molecule has 25 heavy (non-hydrogen) atoms. The van der Waals surface area contributed by atoms with E-state index in [4.69, 9.17) is 9.47 Å². The van der Waals surface area contributed by atoms with Gasteiger partial charge < -0.3 is 14.8 Å². The molecule has 0 spiro atoms. The van der Waals surface area contributed by atoms with Gasteiger partial charge in [0.15, 0.2) is 0 Å². The van der Waals surface area contributed by atoms with Crippen LogP contribution in [0.4, 0.5) is 11.4 Å². The number of rotatable bonds is 5. The van der Waals surface area contributed by atoms with E-state index < -0.39 is 5.97 Å². The number of hydrogen-bond acceptors (Lipinski definition) is 5. The summed E-state index contributed by atoms with van der Waals surface area (Å²) in [7, 11) is 1.60. The second kappa shape index (κ2) is 7.21. The average molecular weight is 336 g/mol. The van der Waals surface area contributed by atoms with E-state index in [1.165, 1.54) is 6.20 Å². The van der Waals surface area contributed by atoms with Gasteiger partial charge in [-0.05, 0) is 37.6 Å². The molecule has 0 unspecified atom stereocenters. The number of hydrogen-bond donors (Lipinski definition) is 1. The van der Waals surface area contributed by atoms with Crippen LogP contribution < -0.4 is 10.1 Å². The summed E-state index contributed by atoms with van der Waals surface area (Å²) in [4.78, 5) is 16.8. The highest BCUT2D eigenvalue weighted by atomic mass is 16.5. The maximum atomic E-state index is 12.4. The first kappa shape index (κ1) is 16.8. The molecule has 1 N–H and O–H groups in total. The number of nitrogens with one attached hydrogen (secondary N) is 1. The lowest BCUT2D eigenvalue weighted by atomic mass is 10.1. The summed E-state index contributed by atoms with van der Waals surface area (Å²) in [5.41, 5.74) is 3.75. The number of anilines is 2. The van der Waals surface area contributed by atoms with Crippen LogP contribution in [0.1, 0.15) is 22.8 Å². The van der Waals surface area contributed by atoms with Crippen LogP contribution in [0.2, 0.25) is 0 Å². The van der Waals surface area contributed by atoms with Gasteiger partial charge in [0, 0.05) is 17.3 Å². The molecule has 128 valence electrons. The Balaban J connectivity index is 2.20. The van der Waals surface area contributed by atoms with Crippen LogP contribution >= 0.6 is 0 Å². The number of aryl methyl sites for hydroxylation is 1. The minimum atomic E-state index is -0.408. The Hall–Kier alpha value is -3.08. The average Bonchev–Trinajstić information content (AvgIpc) is 2.61. The quantitative estimate of drug-likeness (QED) is 0.697. The molecule has 5 heteroatoms. The first-order valence-electron chi connectivity index (χ1n) is 8.10. The van der Waals surface area contributed by atoms with E-state index in [-0.39, 0.29) is 0 Å². The van der Waals surface area contributed by atoms with Crippen molar-refractivity contribution in [3.05, 3.63) is 59.8 Å². The van der Waals surface area contributed by atoms with Crippen LogP contribution in [0.5, 0.6) is 5.75 Å². The molecule has 3 rings (SSSR count). The zero-order valence-electron chi connectivity index (χ0n) is 14.5. The molecule has 2 aromatic carbocycles. The largest absolute Gasteiger partial charge is 0.494 e. The molecule has 5 nitrogen and oxygen atoms in total. The second-order valence-electron chi connectivity index (χ2n) is 5.62. The number of ether oxygens (including phenoxy) is 2. The first-order chi connectivity index (χ1) is 12.1. The highest BCUT2D eigenvalue weighted by molar-refractivity contribution is 6.07. The molecule has 0 bridgehead atoms. The Morgan fingerprint density at radius 3 is 2.72 bits per heavy atom. The van der Waals surface area contributed by atoms with E-state index in [9.17, 15) is 4.79 Å². The summed E-state index contributed by atoms with van der Waals surface area (Å²) >= 11 is 0. The number of aromatic nitrogens is 1. The van der Waals surface area contributed by atoms with Gasteiger partial charge >= 0.3 is 5.97 Å². The molecule has 0 atom stereocenters. The van der Waals surface area contributed by atoms with Crippen LogP contribution in [-0.2, 0) is 4.74 Å². The molecular weight excluding hydrogens is 316 g/mol. The van der Waals surface area contributed by atoms with Crippen LogP contribution in [-0.4, -0.2) is 24.7 Å². The number of pyridine rings is 1. The lowest BCUT2D eigenvalue weighted by Crippen LogP contribution is -2.09. The van der Waals surface area contributed by atoms with Gasteiger partial charge in [-0.25, -0.2) is 4.79 Å². The van der Waals surface area contributed by atoms with Gasteiger partial charge in [-0.2, -0.15) is 0 Å². The van der Waals surface area contributed by atoms with Crippen molar-refractivity contribution in [2.24, 2.45) is 0 Å². The van der Waals surface area contributed by atoms with E-state index >= 15 is 0 Å². The Morgan fingerprint density at radius 2 is 2.00 bits per heavy atom. The molecule has 3 aromatic rings. The Morgan fingerprint density at radius 1 is 1.20 bits per heavy atom. The van der Waals surface area contributed by atoms with Gasteiger partial charge in [0.2, 0.25) is 0 Å². The molecule has 0 aliphatic rings. The molecular formula is C20H20N2O3. The number of methoxy groups -OCH3 is 1. The fourth-order valence-electron chi connectivity index (χ4n) is 2.73. The van der Waals surface area contributed by atoms with Crippen molar-refractivity contribution in [2.75, 3.05) is 19.0 Å². The summed E-state index contributed by atoms with van der Waals surface area (Å²) in [6.45, 7) is 4.10. The maximum Gasteiger partial charge on any atom is 0.341 e. The van der Waals surface area contributed by atoms with Gasteiger partial charge in [0.05, 0.1) is 19.4 Å². The standard InChI is InChI=1S/C20H20N2O3/c1-4-25-20(23)16-12-21-19-15(9-6-10-17(19)24-3)18(16)22-14-8-5-7-13(2)11-14/h5-12H,4H2,1-3H3,(H,21,22). The van der Waals surface area contributed by atoms with Gasteiger partial charge in [0.1, 0.15) is 16.8 Å². The minimum Gasteiger partial charge on any atom is -0.494 e. The zero-order valence-corrected chi connectivity index (χ0v) is 14.5. The van der Waals surface area contributed by atoms with E-state index in [0.717, 1.165) is 16.6 Å². The molecule has 1 heterocycles. The van der Waals surface area contributed by atoms with Crippen molar-refractivity contribution in [2.45, 2.75) is 13.8 Å². The normalized spacial score (nSPS) is 10.5.